The van der Waals surface area contributed by atoms with Gasteiger partial charge in [-0.15, -0.1) is 35.3 Å². The van der Waals surface area contributed by atoms with E-state index < -0.39 is 0 Å². The predicted octanol–water partition coefficient (Wildman–Crippen LogP) is 3.11. The first-order chi connectivity index (χ1) is 11.2. The van der Waals surface area contributed by atoms with Crippen LogP contribution in [0.4, 0.5) is 0 Å². The molecule has 2 aromatic heterocycles. The van der Waals surface area contributed by atoms with E-state index >= 15 is 0 Å². The van der Waals surface area contributed by atoms with Gasteiger partial charge in [0.1, 0.15) is 0 Å². The Bertz CT molecular complexity index is 641. The molecular formula is C17H26IN5S. The van der Waals surface area contributed by atoms with E-state index in [2.05, 4.69) is 52.4 Å². The summed E-state index contributed by atoms with van der Waals surface area (Å²) >= 11 is 1.74. The minimum atomic E-state index is 0. The van der Waals surface area contributed by atoms with Crippen LogP contribution < -0.4 is 10.6 Å². The molecule has 0 fully saturated rings. The van der Waals surface area contributed by atoms with Crippen molar-refractivity contribution in [2.75, 3.05) is 19.6 Å². The first-order valence-electron chi connectivity index (χ1n) is 8.02. The topological polar surface area (TPSA) is 62.2 Å². The molecule has 5 nitrogen and oxygen atoms in total. The molecule has 0 saturated heterocycles. The van der Waals surface area contributed by atoms with Crippen molar-refractivity contribution < 1.29 is 0 Å². The molecule has 0 aliphatic heterocycles. The van der Waals surface area contributed by atoms with Gasteiger partial charge >= 0.3 is 0 Å². The zero-order valence-corrected chi connectivity index (χ0v) is 17.6. The zero-order chi connectivity index (χ0) is 16.5. The smallest absolute Gasteiger partial charge is 0.191 e. The average Bonchev–Trinajstić information content (AvgIpc) is 2.94. The molecule has 0 atom stereocenters. The molecule has 2 N–H and O–H groups in total. The van der Waals surface area contributed by atoms with Crippen molar-refractivity contribution in [2.24, 2.45) is 4.99 Å². The molecule has 0 saturated carbocycles. The van der Waals surface area contributed by atoms with E-state index in [0.29, 0.717) is 0 Å². The summed E-state index contributed by atoms with van der Waals surface area (Å²) in [6.45, 7) is 8.71. The number of aryl methyl sites for hydroxylation is 2. The normalized spacial score (nSPS) is 11.0. The summed E-state index contributed by atoms with van der Waals surface area (Å²) in [7, 11) is 0. The van der Waals surface area contributed by atoms with Crippen LogP contribution in [0.15, 0.2) is 29.6 Å². The largest absolute Gasteiger partial charge is 0.357 e. The highest BCUT2D eigenvalue weighted by atomic mass is 127. The van der Waals surface area contributed by atoms with E-state index in [1.54, 1.807) is 11.3 Å². The van der Waals surface area contributed by atoms with Gasteiger partial charge in [-0.3, -0.25) is 9.98 Å². The summed E-state index contributed by atoms with van der Waals surface area (Å²) < 4.78 is 0. The number of hydrogen-bond donors (Lipinski definition) is 2. The number of hydrogen-bond acceptors (Lipinski definition) is 4. The number of pyridine rings is 1. The van der Waals surface area contributed by atoms with Crippen molar-refractivity contribution >= 4 is 41.3 Å². The maximum atomic E-state index is 4.62. The van der Waals surface area contributed by atoms with Crippen molar-refractivity contribution in [1.82, 2.24) is 20.6 Å². The number of halogens is 1. The van der Waals surface area contributed by atoms with E-state index in [1.807, 2.05) is 18.6 Å². The predicted molar refractivity (Wildman–Crippen MR) is 113 cm³/mol. The number of thiazole rings is 1. The van der Waals surface area contributed by atoms with E-state index in [0.717, 1.165) is 43.4 Å². The molecule has 0 spiro atoms. The molecule has 132 valence electrons. The van der Waals surface area contributed by atoms with Crippen LogP contribution in [0.5, 0.6) is 0 Å². The highest BCUT2D eigenvalue weighted by Gasteiger charge is 2.01. The van der Waals surface area contributed by atoms with Gasteiger partial charge in [0, 0.05) is 49.5 Å². The lowest BCUT2D eigenvalue weighted by molar-refractivity contribution is 0.793. The lowest BCUT2D eigenvalue weighted by Crippen LogP contribution is -2.38. The van der Waals surface area contributed by atoms with Crippen molar-refractivity contribution in [2.45, 2.75) is 33.6 Å². The highest BCUT2D eigenvalue weighted by Crippen LogP contribution is 2.11. The zero-order valence-electron chi connectivity index (χ0n) is 14.5. The third-order valence-electron chi connectivity index (χ3n) is 3.43. The van der Waals surface area contributed by atoms with Crippen LogP contribution in [-0.2, 0) is 12.8 Å². The first kappa shape index (κ1) is 20.8. The van der Waals surface area contributed by atoms with E-state index in [-0.39, 0.29) is 24.0 Å². The second kappa shape index (κ2) is 11.4. The van der Waals surface area contributed by atoms with Gasteiger partial charge in [-0.1, -0.05) is 0 Å². The third-order valence-corrected chi connectivity index (χ3v) is 4.40. The minimum Gasteiger partial charge on any atom is -0.357 e. The fourth-order valence-electron chi connectivity index (χ4n) is 2.22. The Morgan fingerprint density at radius 1 is 1.21 bits per heavy atom. The molecule has 24 heavy (non-hydrogen) atoms. The fraction of sp³-hybridized carbons (Fsp3) is 0.471. The summed E-state index contributed by atoms with van der Waals surface area (Å²) in [6.07, 6.45) is 7.52. The molecular weight excluding hydrogens is 433 g/mol. The molecule has 0 aromatic carbocycles. The first-order valence-corrected chi connectivity index (χ1v) is 8.83. The van der Waals surface area contributed by atoms with Gasteiger partial charge in [-0.05, 0) is 44.4 Å². The maximum Gasteiger partial charge on any atom is 0.191 e. The van der Waals surface area contributed by atoms with E-state index in [4.69, 9.17) is 0 Å². The number of guanidine groups is 1. The monoisotopic (exact) mass is 459 g/mol. The van der Waals surface area contributed by atoms with Crippen molar-refractivity contribution in [1.29, 1.82) is 0 Å². The summed E-state index contributed by atoms with van der Waals surface area (Å²) in [6, 6.07) is 2.08. The minimum absolute atomic E-state index is 0. The van der Waals surface area contributed by atoms with Gasteiger partial charge in [-0.25, -0.2) is 4.98 Å². The molecule has 2 heterocycles. The highest BCUT2D eigenvalue weighted by molar-refractivity contribution is 14.0. The molecule has 0 unspecified atom stereocenters. The Morgan fingerprint density at radius 2 is 2.04 bits per heavy atom. The summed E-state index contributed by atoms with van der Waals surface area (Å²) in [5.41, 5.74) is 2.55. The lowest BCUT2D eigenvalue weighted by Gasteiger charge is -2.11. The quantitative estimate of drug-likeness (QED) is 0.380. The maximum absolute atomic E-state index is 4.62. The lowest BCUT2D eigenvalue weighted by atomic mass is 10.1. The SMILES string of the molecule is CCNC(=NCCc1ncc(C)s1)NCCc1ccncc1C.I. The standard InChI is InChI=1S/C17H25N5S.HI/c1-4-19-17(21-10-7-16-22-12-14(3)23-16)20-9-6-15-5-8-18-11-13(15)2;/h5,8,11-12H,4,6-7,9-10H2,1-3H3,(H2,19,20,21);1H. The van der Waals surface area contributed by atoms with E-state index in [9.17, 15) is 0 Å². The molecule has 0 amide bonds. The second-order valence-electron chi connectivity index (χ2n) is 5.35. The third kappa shape index (κ3) is 7.12. The number of rotatable bonds is 7. The van der Waals surface area contributed by atoms with Gasteiger partial charge in [-0.2, -0.15) is 0 Å². The Kier molecular flexibility index (Phi) is 9.85. The van der Waals surface area contributed by atoms with Gasteiger partial charge < -0.3 is 10.6 Å². The molecule has 0 aliphatic rings. The van der Waals surface area contributed by atoms with Crippen molar-refractivity contribution in [3.63, 3.8) is 0 Å². The van der Waals surface area contributed by atoms with Gasteiger partial charge in [0.15, 0.2) is 5.96 Å². The second-order valence-corrected chi connectivity index (χ2v) is 6.67. The van der Waals surface area contributed by atoms with Crippen molar-refractivity contribution in [3.8, 4) is 0 Å². The number of nitrogens with zero attached hydrogens (tertiary/aromatic N) is 3. The van der Waals surface area contributed by atoms with Crippen LogP contribution in [0.2, 0.25) is 0 Å². The number of aliphatic imine (C=N–C) groups is 1. The summed E-state index contributed by atoms with van der Waals surface area (Å²) in [4.78, 5) is 14.4. The molecule has 0 radical (unpaired) electrons. The van der Waals surface area contributed by atoms with Crippen LogP contribution in [0, 0.1) is 13.8 Å². The number of aromatic nitrogens is 2. The van der Waals surface area contributed by atoms with Gasteiger partial charge in [0.05, 0.1) is 5.01 Å². The summed E-state index contributed by atoms with van der Waals surface area (Å²) in [5, 5.41) is 7.82. The Morgan fingerprint density at radius 3 is 2.71 bits per heavy atom. The van der Waals surface area contributed by atoms with Crippen LogP contribution in [0.25, 0.3) is 0 Å². The molecule has 7 heteroatoms. The van der Waals surface area contributed by atoms with Crippen LogP contribution in [0.1, 0.15) is 27.9 Å². The summed E-state index contributed by atoms with van der Waals surface area (Å²) in [5.74, 6) is 0.868. The molecule has 0 aliphatic carbocycles. The Labute approximate surface area is 165 Å². The van der Waals surface area contributed by atoms with Crippen LogP contribution in [0.3, 0.4) is 0 Å². The Balaban J connectivity index is 0.00000288. The Hall–Kier alpha value is -1.22. The van der Waals surface area contributed by atoms with E-state index in [1.165, 1.54) is 16.0 Å². The van der Waals surface area contributed by atoms with Crippen molar-refractivity contribution in [3.05, 3.63) is 45.7 Å². The van der Waals surface area contributed by atoms with Gasteiger partial charge in [0.2, 0.25) is 0 Å². The number of nitrogens with one attached hydrogen (secondary N) is 2. The fourth-order valence-corrected chi connectivity index (χ4v) is 3.00. The van der Waals surface area contributed by atoms with Gasteiger partial charge in [0.25, 0.3) is 0 Å². The average molecular weight is 459 g/mol. The van der Waals surface area contributed by atoms with Crippen LogP contribution >= 0.6 is 35.3 Å². The molecule has 2 aromatic rings. The molecule has 0 bridgehead atoms. The molecule has 2 rings (SSSR count). The van der Waals surface area contributed by atoms with Crippen LogP contribution in [-0.4, -0.2) is 35.6 Å².